The minimum absolute atomic E-state index is 0.00370. The second-order valence-corrected chi connectivity index (χ2v) is 10.4. The monoisotopic (exact) mass is 566 g/mol. The molecule has 0 N–H and O–H groups in total. The molecule has 0 unspecified atom stereocenters. The van der Waals surface area contributed by atoms with Crippen LogP contribution in [0.5, 0.6) is 0 Å². The van der Waals surface area contributed by atoms with Crippen molar-refractivity contribution in [3.8, 4) is 0 Å². The third-order valence-electron chi connectivity index (χ3n) is 6.55. The number of carbonyl (C=O) groups is 4. The predicted molar refractivity (Wildman–Crippen MR) is 139 cm³/mol. The molecule has 10 heteroatoms. The van der Waals surface area contributed by atoms with Crippen LogP contribution in [0.3, 0.4) is 0 Å². The highest BCUT2D eigenvalue weighted by Gasteiger charge is 2.54. The molecule has 1 aliphatic heterocycles. The Labute approximate surface area is 228 Å². The van der Waals surface area contributed by atoms with Gasteiger partial charge in [0.25, 0.3) is 17.7 Å². The molecule has 0 aromatic heterocycles. The number of hydrogen-bond donors (Lipinski definition) is 0. The number of imide groups is 1. The standard InChI is InChI=1S/C26H22Cl4N2O4/c1-14-3-2-4-18-22(14)26(36)32(25(18)35)31(24(34)16-7-10-19(29)20(30)13-16)21(11-12-27)23(33)15-5-8-17(28)9-6-15/h2-3,5-10,13-14,18,21-22H,4,11-12H2,1H3/t14-,18+,21+,22+/m1/s1. The van der Waals surface area contributed by atoms with Crippen LogP contribution in [0.25, 0.3) is 0 Å². The second-order valence-electron chi connectivity index (χ2n) is 8.79. The molecule has 0 spiro atoms. The van der Waals surface area contributed by atoms with Gasteiger partial charge in [0, 0.05) is 22.0 Å². The van der Waals surface area contributed by atoms with E-state index in [1.54, 1.807) is 12.1 Å². The second kappa shape index (κ2) is 10.9. The van der Waals surface area contributed by atoms with E-state index in [1.165, 1.54) is 30.3 Å². The maximum Gasteiger partial charge on any atom is 0.273 e. The number of rotatable bonds is 7. The number of hydrazine groups is 1. The summed E-state index contributed by atoms with van der Waals surface area (Å²) in [7, 11) is 0. The Morgan fingerprint density at radius 2 is 1.67 bits per heavy atom. The molecule has 1 saturated heterocycles. The molecule has 1 fully saturated rings. The van der Waals surface area contributed by atoms with Crippen molar-refractivity contribution in [3.05, 3.63) is 80.8 Å². The van der Waals surface area contributed by atoms with Crippen LogP contribution in [-0.2, 0) is 9.59 Å². The molecule has 1 heterocycles. The zero-order valence-electron chi connectivity index (χ0n) is 19.2. The summed E-state index contributed by atoms with van der Waals surface area (Å²) in [6.45, 7) is 1.85. The van der Waals surface area contributed by atoms with Gasteiger partial charge in [-0.15, -0.1) is 11.6 Å². The minimum Gasteiger partial charge on any atom is -0.292 e. The fourth-order valence-electron chi connectivity index (χ4n) is 4.75. The summed E-state index contributed by atoms with van der Waals surface area (Å²) in [6, 6.07) is 9.11. The van der Waals surface area contributed by atoms with E-state index in [-0.39, 0.29) is 39.4 Å². The SMILES string of the molecule is C[C@@H]1C=CC[C@@H]2C(=O)N(N(C(=O)c3ccc(Cl)c(Cl)c3)[C@@H](CCCl)C(=O)c3ccc(Cl)cc3)C(=O)[C@@H]12. The van der Waals surface area contributed by atoms with Crippen molar-refractivity contribution < 1.29 is 19.2 Å². The summed E-state index contributed by atoms with van der Waals surface area (Å²) in [5, 5.41) is 2.57. The molecular weight excluding hydrogens is 546 g/mol. The first-order valence-corrected chi connectivity index (χ1v) is 13.0. The Hall–Kier alpha value is -2.38. The summed E-state index contributed by atoms with van der Waals surface area (Å²) >= 11 is 24.2. The zero-order chi connectivity index (χ0) is 26.1. The van der Waals surface area contributed by atoms with E-state index in [9.17, 15) is 19.2 Å². The van der Waals surface area contributed by atoms with E-state index in [1.807, 2.05) is 19.1 Å². The van der Waals surface area contributed by atoms with Crippen LogP contribution in [0.2, 0.25) is 15.1 Å². The number of nitrogens with zero attached hydrogens (tertiary/aromatic N) is 2. The van der Waals surface area contributed by atoms with E-state index >= 15 is 0 Å². The fourth-order valence-corrected chi connectivity index (χ4v) is 5.38. The van der Waals surface area contributed by atoms with Crippen molar-refractivity contribution >= 4 is 69.9 Å². The van der Waals surface area contributed by atoms with Gasteiger partial charge in [0.05, 0.1) is 21.9 Å². The number of halogens is 4. The van der Waals surface area contributed by atoms with Gasteiger partial charge in [0.2, 0.25) is 0 Å². The quantitative estimate of drug-likeness (QED) is 0.176. The molecule has 2 aromatic carbocycles. The third-order valence-corrected chi connectivity index (χ3v) is 7.76. The van der Waals surface area contributed by atoms with Crippen LogP contribution in [0, 0.1) is 17.8 Å². The lowest BCUT2D eigenvalue weighted by atomic mass is 9.78. The average molecular weight is 568 g/mol. The molecule has 4 atom stereocenters. The van der Waals surface area contributed by atoms with Gasteiger partial charge in [-0.2, -0.15) is 5.01 Å². The van der Waals surface area contributed by atoms with Gasteiger partial charge in [-0.05, 0) is 61.2 Å². The summed E-state index contributed by atoms with van der Waals surface area (Å²) < 4.78 is 0. The van der Waals surface area contributed by atoms with Crippen molar-refractivity contribution in [3.63, 3.8) is 0 Å². The summed E-state index contributed by atoms with van der Waals surface area (Å²) in [5.74, 6) is -3.74. The van der Waals surface area contributed by atoms with Crippen LogP contribution >= 0.6 is 46.4 Å². The van der Waals surface area contributed by atoms with Crippen LogP contribution < -0.4 is 0 Å². The molecule has 0 saturated carbocycles. The number of alkyl halides is 1. The molecule has 2 aromatic rings. The molecule has 0 bridgehead atoms. The van der Waals surface area contributed by atoms with Crippen molar-refractivity contribution in [2.24, 2.45) is 17.8 Å². The molecule has 188 valence electrons. The lowest BCUT2D eigenvalue weighted by Crippen LogP contribution is -2.57. The number of hydrogen-bond acceptors (Lipinski definition) is 4. The van der Waals surface area contributed by atoms with Gasteiger partial charge < -0.3 is 0 Å². The first-order chi connectivity index (χ1) is 17.1. The first kappa shape index (κ1) is 26.7. The molecule has 0 radical (unpaired) electrons. The Bertz CT molecular complexity index is 1250. The number of amides is 3. The molecule has 1 aliphatic carbocycles. The van der Waals surface area contributed by atoms with E-state index < -0.39 is 41.4 Å². The maximum atomic E-state index is 13.9. The minimum atomic E-state index is -1.23. The largest absolute Gasteiger partial charge is 0.292 e. The summed E-state index contributed by atoms with van der Waals surface area (Å²) in [6.07, 6.45) is 4.11. The Morgan fingerprint density at radius 3 is 2.28 bits per heavy atom. The van der Waals surface area contributed by atoms with Crippen molar-refractivity contribution in [1.82, 2.24) is 10.0 Å². The normalized spacial score (nSPS) is 21.9. The molecule has 6 nitrogen and oxygen atoms in total. The van der Waals surface area contributed by atoms with Crippen molar-refractivity contribution in [2.75, 3.05) is 5.88 Å². The predicted octanol–water partition coefficient (Wildman–Crippen LogP) is 6.08. The van der Waals surface area contributed by atoms with Gasteiger partial charge in [-0.25, -0.2) is 5.01 Å². The number of allylic oxidation sites excluding steroid dienone is 2. The maximum absolute atomic E-state index is 13.9. The van der Waals surface area contributed by atoms with Crippen LogP contribution in [0.1, 0.15) is 40.5 Å². The van der Waals surface area contributed by atoms with E-state index in [0.29, 0.717) is 11.4 Å². The van der Waals surface area contributed by atoms with Crippen molar-refractivity contribution in [1.29, 1.82) is 0 Å². The van der Waals surface area contributed by atoms with Gasteiger partial charge in [0.15, 0.2) is 5.78 Å². The Morgan fingerprint density at radius 1 is 1.00 bits per heavy atom. The number of Topliss-reactive ketones (excluding diaryl/α,β-unsaturated/α-hetero) is 1. The Balaban J connectivity index is 1.83. The number of fused-ring (bicyclic) bond motifs is 1. The Kier molecular flexibility index (Phi) is 8.10. The molecule has 4 rings (SSSR count). The number of ketones is 1. The van der Waals surface area contributed by atoms with Gasteiger partial charge in [-0.1, -0.05) is 53.9 Å². The number of benzene rings is 2. The lowest BCUT2D eigenvalue weighted by Gasteiger charge is -2.36. The lowest BCUT2D eigenvalue weighted by molar-refractivity contribution is -0.156. The third kappa shape index (κ3) is 4.92. The number of carbonyl (C=O) groups excluding carboxylic acids is 4. The summed E-state index contributed by atoms with van der Waals surface area (Å²) in [4.78, 5) is 54.8. The molecular formula is C26H22Cl4N2O4. The molecule has 3 amide bonds. The molecule has 36 heavy (non-hydrogen) atoms. The van der Waals surface area contributed by atoms with Gasteiger partial charge in [0.1, 0.15) is 6.04 Å². The zero-order valence-corrected chi connectivity index (χ0v) is 22.2. The highest BCUT2D eigenvalue weighted by molar-refractivity contribution is 6.42. The van der Waals surface area contributed by atoms with Gasteiger partial charge >= 0.3 is 0 Å². The van der Waals surface area contributed by atoms with Crippen LogP contribution in [0.15, 0.2) is 54.6 Å². The van der Waals surface area contributed by atoms with Crippen LogP contribution in [-0.4, -0.2) is 45.4 Å². The van der Waals surface area contributed by atoms with E-state index in [4.69, 9.17) is 46.4 Å². The first-order valence-electron chi connectivity index (χ1n) is 11.3. The highest BCUT2D eigenvalue weighted by Crippen LogP contribution is 2.40. The molecule has 2 aliphatic rings. The average Bonchev–Trinajstić information content (AvgIpc) is 3.11. The van der Waals surface area contributed by atoms with Crippen LogP contribution in [0.4, 0.5) is 0 Å². The van der Waals surface area contributed by atoms with E-state index in [2.05, 4.69) is 0 Å². The summed E-state index contributed by atoms with van der Waals surface area (Å²) in [5.41, 5.74) is 0.322. The fraction of sp³-hybridized carbons (Fsp3) is 0.308. The van der Waals surface area contributed by atoms with Gasteiger partial charge in [-0.3, -0.25) is 19.2 Å². The van der Waals surface area contributed by atoms with E-state index in [0.717, 1.165) is 10.0 Å². The van der Waals surface area contributed by atoms with Crippen molar-refractivity contribution in [2.45, 2.75) is 25.8 Å². The smallest absolute Gasteiger partial charge is 0.273 e. The highest BCUT2D eigenvalue weighted by atomic mass is 35.5. The topological polar surface area (TPSA) is 74.8 Å².